The summed E-state index contributed by atoms with van der Waals surface area (Å²) in [5.41, 5.74) is 3.32. The average Bonchev–Trinajstić information content (AvgIpc) is 1.67. The Labute approximate surface area is 756 Å². The Bertz CT molecular complexity index is 6750. The molecule has 129 heavy (non-hydrogen) atoms. The number of H-pyrrole nitrogens is 1. The van der Waals surface area contributed by atoms with Crippen LogP contribution in [0.1, 0.15) is 95.9 Å². The molecule has 2 N–H and O–H groups in total. The minimum Gasteiger partial charge on any atom is -0.476 e. The van der Waals surface area contributed by atoms with E-state index >= 15 is 0 Å². The Balaban J connectivity index is 0.000000143. The number of carboxylic acid groups (broad SMARTS) is 1. The van der Waals surface area contributed by atoms with E-state index in [1.54, 1.807) is 127 Å². The molecule has 0 saturated heterocycles. The molecule has 0 unspecified atom stereocenters. The number of carbonyl (C=O) groups is 6. The van der Waals surface area contributed by atoms with Gasteiger partial charge in [-0.25, -0.2) is 43.2 Å². The first kappa shape index (κ1) is 87.8. The molecular formula is C101H71Cl4N9O15. The molecule has 28 heteroatoms. The van der Waals surface area contributed by atoms with E-state index in [9.17, 15) is 33.9 Å². The zero-order valence-electron chi connectivity index (χ0n) is 67.7. The third-order valence-corrected chi connectivity index (χ3v) is 20.9. The first-order chi connectivity index (χ1) is 63.0. The van der Waals surface area contributed by atoms with E-state index in [1.165, 1.54) is 9.36 Å². The minimum absolute atomic E-state index is 0.0669. The molecule has 3 aromatic heterocycles. The lowest BCUT2D eigenvalue weighted by Gasteiger charge is -2.36. The summed E-state index contributed by atoms with van der Waals surface area (Å²) in [7, 11) is 0. The summed E-state index contributed by atoms with van der Waals surface area (Å²) in [5, 5.41) is 45.4. The molecule has 0 bridgehead atoms. The number of aromatic carboxylic acids is 1. The van der Waals surface area contributed by atoms with Crippen LogP contribution in [0.5, 0.6) is 34.9 Å². The van der Waals surface area contributed by atoms with E-state index < -0.39 is 54.5 Å². The van der Waals surface area contributed by atoms with E-state index in [2.05, 4.69) is 40.8 Å². The van der Waals surface area contributed by atoms with Crippen LogP contribution >= 0.6 is 46.4 Å². The lowest BCUT2D eigenvalue weighted by molar-refractivity contribution is -0.0190. The molecule has 0 saturated carbocycles. The summed E-state index contributed by atoms with van der Waals surface area (Å²) in [6.07, 6.45) is 0. The highest BCUT2D eigenvalue weighted by molar-refractivity contribution is 6.32. The Kier molecular flexibility index (Phi) is 28.3. The van der Waals surface area contributed by atoms with Crippen molar-refractivity contribution in [1.29, 1.82) is 0 Å². The number of benzene rings is 15. The van der Waals surface area contributed by atoms with Gasteiger partial charge < -0.3 is 43.0 Å². The highest BCUT2D eigenvalue weighted by Crippen LogP contribution is 2.46. The summed E-state index contributed by atoms with van der Waals surface area (Å²) < 4.78 is 46.4. The van der Waals surface area contributed by atoms with Crippen LogP contribution in [0.2, 0.25) is 15.1 Å². The van der Waals surface area contributed by atoms with Crippen LogP contribution in [-0.2, 0) is 34.8 Å². The summed E-state index contributed by atoms with van der Waals surface area (Å²) in [6, 6.07) is 116. The number of carboxylic acids is 1. The normalized spacial score (nSPS) is 10.9. The van der Waals surface area contributed by atoms with Crippen LogP contribution in [0.25, 0.3) is 32.3 Å². The molecule has 638 valence electrons. The topological polar surface area (TPSA) is 299 Å². The van der Waals surface area contributed by atoms with Crippen LogP contribution in [0.4, 0.5) is 0 Å². The van der Waals surface area contributed by atoms with E-state index in [4.69, 9.17) is 79.6 Å². The highest BCUT2D eigenvalue weighted by atomic mass is 35.5. The van der Waals surface area contributed by atoms with Crippen LogP contribution in [0.3, 0.4) is 0 Å². The Hall–Kier alpha value is -16.1. The number of aromatic amines is 1. The molecule has 0 aliphatic rings. The Morgan fingerprint density at radius 1 is 0.302 bits per heavy atom. The zero-order chi connectivity index (χ0) is 89.5. The molecule has 18 rings (SSSR count). The van der Waals surface area contributed by atoms with Gasteiger partial charge in [-0.1, -0.05) is 350 Å². The smallest absolute Gasteiger partial charge is 0.365 e. The first-order valence-corrected chi connectivity index (χ1v) is 41.3. The molecule has 0 radical (unpaired) electrons. The second-order valence-corrected chi connectivity index (χ2v) is 29.6. The quantitative estimate of drug-likeness (QED) is 0.0177. The van der Waals surface area contributed by atoms with Gasteiger partial charge in [-0.05, 0) is 175 Å². The molecule has 0 amide bonds. The third kappa shape index (κ3) is 20.5. The van der Waals surface area contributed by atoms with Gasteiger partial charge in [0.25, 0.3) is 17.6 Å². The van der Waals surface area contributed by atoms with Gasteiger partial charge >= 0.3 is 35.8 Å². The molecule has 18 aromatic rings. The van der Waals surface area contributed by atoms with Gasteiger partial charge in [-0.15, -0.1) is 0 Å². The van der Waals surface area contributed by atoms with Crippen molar-refractivity contribution in [1.82, 2.24) is 45.4 Å². The lowest BCUT2D eigenvalue weighted by Crippen LogP contribution is -2.40. The molecule has 15 aromatic carbocycles. The van der Waals surface area contributed by atoms with Crippen molar-refractivity contribution >= 4 is 115 Å². The van der Waals surface area contributed by atoms with Gasteiger partial charge in [-0.2, -0.15) is 0 Å². The first-order valence-electron chi connectivity index (χ1n) is 39.6. The SMILES string of the molecule is O=C(O)c1c(Oc2ccc3cc(Cl)ccc3c2)nnn1C(c1ccccc1)(c1ccccc1)c1ccccc1.O=C(OCCl)c1ccccc1.O=C(OCOC(=O)c1[nH]nnc1Oc1ccc2cc(Cl)ccc2c1)c1ccccc1.O=C(OCOC(=O)c1c(Oc2ccc3cc(Cl)ccc3c2)nnn1C(c1ccccc1)(c1ccccc1)c1ccccc1)c1ccccc1. The summed E-state index contributed by atoms with van der Waals surface area (Å²) >= 11 is 23.5. The minimum atomic E-state index is -1.21. The molecule has 0 atom stereocenters. The number of fused-ring (bicyclic) bond motifs is 3. The van der Waals surface area contributed by atoms with E-state index in [0.29, 0.717) is 49.0 Å². The number of esters is 5. The number of carbonyl (C=O) groups excluding carboxylic acids is 5. The average molecular weight is 1790 g/mol. The monoisotopic (exact) mass is 1790 g/mol. The predicted octanol–water partition coefficient (Wildman–Crippen LogP) is 22.5. The molecular weight excluding hydrogens is 1720 g/mol. The standard InChI is InChI=1S/C40H28ClN3O5.C32H22ClN3O3.C21H14ClN3O5.C8H7ClO2/c41-34-23-21-30-26-35(24-22-29(30)25-34)49-37-36(39(46)48-27-47-38(45)28-13-5-1-6-14-28)44(43-42-37)40(31-15-7-2-8-16-31,32-17-9-3-10-18-32)33-19-11-4-12-20-33;33-27-18-16-23-21-28(19-17-22(23)20-27)39-30-29(31(37)38)36(35-34-30)32(24-10-4-1-5-11-24,25-12-6-2-7-13-25)26-14-8-3-9-15-26;22-16-8-6-15-11-17(9-7-14(15)10-16)30-19-18(23-25-24-19)21(27)29-12-28-20(26)13-4-2-1-3-5-13;9-6-11-8(10)7-4-2-1-3-5-7/h1-26H,27H2;1-21H,(H,37,38);1-11H,12H2,(H,23,24,25);1-5H,6H2. The number of hydrogen-bond acceptors (Lipinski definition) is 20. The largest absolute Gasteiger partial charge is 0.476 e. The van der Waals surface area contributed by atoms with Crippen molar-refractivity contribution in [3.05, 3.63) is 464 Å². The van der Waals surface area contributed by atoms with Crippen molar-refractivity contribution in [2.75, 3.05) is 19.7 Å². The predicted molar refractivity (Wildman–Crippen MR) is 487 cm³/mol. The second kappa shape index (κ2) is 41.6. The van der Waals surface area contributed by atoms with Crippen LogP contribution in [0, 0.1) is 0 Å². The summed E-state index contributed by atoms with van der Waals surface area (Å²) in [6.45, 7) is -1.22. The van der Waals surface area contributed by atoms with Crippen molar-refractivity contribution in [3.8, 4) is 34.9 Å². The number of alkyl halides is 1. The lowest BCUT2D eigenvalue weighted by atomic mass is 9.77. The number of nitrogens with one attached hydrogen (secondary N) is 1. The maximum absolute atomic E-state index is 14.2. The molecule has 3 heterocycles. The van der Waals surface area contributed by atoms with E-state index in [-0.39, 0.29) is 46.8 Å². The molecule has 24 nitrogen and oxygen atoms in total. The number of nitrogens with zero attached hydrogens (tertiary/aromatic N) is 8. The highest BCUT2D eigenvalue weighted by Gasteiger charge is 2.46. The molecule has 0 spiro atoms. The molecule has 0 aliphatic heterocycles. The van der Waals surface area contributed by atoms with Crippen molar-refractivity contribution in [2.24, 2.45) is 0 Å². The van der Waals surface area contributed by atoms with Gasteiger partial charge in [0.1, 0.15) is 28.3 Å². The maximum atomic E-state index is 14.2. The fraction of sp³-hybridized carbons (Fsp3) is 0.0495. The number of rotatable bonds is 25. The number of aromatic nitrogens is 9. The maximum Gasteiger partial charge on any atom is 0.365 e. The van der Waals surface area contributed by atoms with E-state index in [1.807, 2.05) is 255 Å². The van der Waals surface area contributed by atoms with Crippen molar-refractivity contribution in [2.45, 2.75) is 11.1 Å². The Morgan fingerprint density at radius 2 is 0.574 bits per heavy atom. The number of hydrogen-bond donors (Lipinski definition) is 2. The summed E-state index contributed by atoms with van der Waals surface area (Å²) in [5.74, 6) is -3.52. The van der Waals surface area contributed by atoms with Gasteiger partial charge in [0.05, 0.1) is 16.7 Å². The van der Waals surface area contributed by atoms with Gasteiger partial charge in [-0.3, -0.25) is 0 Å². The van der Waals surface area contributed by atoms with Crippen LogP contribution in [-0.4, -0.2) is 106 Å². The van der Waals surface area contributed by atoms with E-state index in [0.717, 1.165) is 65.7 Å². The van der Waals surface area contributed by atoms with Crippen LogP contribution in [0.15, 0.2) is 382 Å². The van der Waals surface area contributed by atoms with Crippen molar-refractivity contribution in [3.63, 3.8) is 0 Å². The zero-order valence-corrected chi connectivity index (χ0v) is 70.8. The van der Waals surface area contributed by atoms with Crippen LogP contribution < -0.4 is 14.2 Å². The summed E-state index contributed by atoms with van der Waals surface area (Å²) in [4.78, 5) is 74.9. The second-order valence-electron chi connectivity index (χ2n) is 28.1. The van der Waals surface area contributed by atoms with Crippen molar-refractivity contribution < 1.29 is 71.8 Å². The molecule has 0 aliphatic carbocycles. The van der Waals surface area contributed by atoms with Gasteiger partial charge in [0.2, 0.25) is 30.7 Å². The fourth-order valence-electron chi connectivity index (χ4n) is 14.3. The van der Waals surface area contributed by atoms with Gasteiger partial charge in [0, 0.05) is 15.1 Å². The molecule has 0 fully saturated rings. The number of halogens is 4. The Morgan fingerprint density at radius 3 is 0.899 bits per heavy atom. The fourth-order valence-corrected chi connectivity index (χ4v) is 14.9. The number of ether oxygens (including phenoxy) is 8. The third-order valence-electron chi connectivity index (χ3n) is 20.1. The van der Waals surface area contributed by atoms with Gasteiger partial charge in [0.15, 0.2) is 6.07 Å².